The predicted octanol–water partition coefficient (Wildman–Crippen LogP) is 0.981. The highest BCUT2D eigenvalue weighted by molar-refractivity contribution is 5.79. The summed E-state index contributed by atoms with van der Waals surface area (Å²) in [5, 5.41) is 20.3. The molecular formula is C11H10N4O2. The molecule has 0 saturated heterocycles. The summed E-state index contributed by atoms with van der Waals surface area (Å²) in [6, 6.07) is 9.45. The molecule has 0 unspecified atom stereocenters. The average molecular weight is 230 g/mol. The number of nitrogens with zero attached hydrogens (tertiary/aromatic N) is 4. The van der Waals surface area contributed by atoms with Crippen LogP contribution in [0.1, 0.15) is 0 Å². The van der Waals surface area contributed by atoms with Gasteiger partial charge in [0.25, 0.3) is 0 Å². The maximum Gasteiger partial charge on any atom is 0.328 e. The van der Waals surface area contributed by atoms with Gasteiger partial charge < -0.3 is 5.11 Å². The Balaban J connectivity index is 2.09. The van der Waals surface area contributed by atoms with Gasteiger partial charge in [-0.3, -0.25) is 0 Å². The number of aliphatic carboxylic acids is 1. The second-order valence-electron chi connectivity index (χ2n) is 3.27. The molecule has 6 nitrogen and oxygen atoms in total. The lowest BCUT2D eigenvalue weighted by Gasteiger charge is -1.92. The van der Waals surface area contributed by atoms with Gasteiger partial charge in [0, 0.05) is 11.6 Å². The molecular weight excluding hydrogens is 220 g/mol. The Bertz CT molecular complexity index is 533. The summed E-state index contributed by atoms with van der Waals surface area (Å²) in [6.07, 6.45) is 2.50. The van der Waals surface area contributed by atoms with Crippen molar-refractivity contribution in [2.45, 2.75) is 6.54 Å². The molecule has 86 valence electrons. The van der Waals surface area contributed by atoms with Crippen molar-refractivity contribution in [2.24, 2.45) is 0 Å². The first-order chi connectivity index (χ1) is 8.25. The van der Waals surface area contributed by atoms with Gasteiger partial charge in [-0.1, -0.05) is 36.4 Å². The van der Waals surface area contributed by atoms with E-state index < -0.39 is 5.97 Å². The number of aromatic nitrogens is 4. The third kappa shape index (κ3) is 2.97. The van der Waals surface area contributed by atoms with Gasteiger partial charge in [0.2, 0.25) is 5.82 Å². The lowest BCUT2D eigenvalue weighted by atomic mass is 10.2. The van der Waals surface area contributed by atoms with Crippen LogP contribution in [0.4, 0.5) is 0 Å². The minimum Gasteiger partial charge on any atom is -0.478 e. The zero-order chi connectivity index (χ0) is 12.1. The molecule has 2 rings (SSSR count). The van der Waals surface area contributed by atoms with Crippen molar-refractivity contribution in [3.05, 3.63) is 42.5 Å². The van der Waals surface area contributed by atoms with E-state index in [1.807, 2.05) is 30.3 Å². The van der Waals surface area contributed by atoms with Crippen LogP contribution in [0.25, 0.3) is 11.4 Å². The molecule has 1 N–H and O–H groups in total. The number of hydrogen-bond acceptors (Lipinski definition) is 4. The van der Waals surface area contributed by atoms with Crippen LogP contribution in [0.15, 0.2) is 42.5 Å². The Morgan fingerprint density at radius 2 is 2.12 bits per heavy atom. The first-order valence-corrected chi connectivity index (χ1v) is 4.98. The third-order valence-corrected chi connectivity index (χ3v) is 2.01. The Morgan fingerprint density at radius 1 is 1.35 bits per heavy atom. The minimum absolute atomic E-state index is 0.284. The van der Waals surface area contributed by atoms with Crippen molar-refractivity contribution in [1.82, 2.24) is 20.2 Å². The van der Waals surface area contributed by atoms with Crippen molar-refractivity contribution in [2.75, 3.05) is 0 Å². The molecule has 1 aromatic carbocycles. The zero-order valence-electron chi connectivity index (χ0n) is 8.89. The van der Waals surface area contributed by atoms with Crippen molar-refractivity contribution >= 4 is 5.97 Å². The quantitative estimate of drug-likeness (QED) is 0.792. The molecule has 0 bridgehead atoms. The van der Waals surface area contributed by atoms with Gasteiger partial charge in [-0.05, 0) is 5.21 Å². The van der Waals surface area contributed by atoms with E-state index >= 15 is 0 Å². The molecule has 0 saturated carbocycles. The molecule has 0 aliphatic heterocycles. The highest BCUT2D eigenvalue weighted by Gasteiger charge is 2.03. The Kier molecular flexibility index (Phi) is 3.25. The zero-order valence-corrected chi connectivity index (χ0v) is 8.89. The van der Waals surface area contributed by atoms with Crippen LogP contribution in [0, 0.1) is 0 Å². The van der Waals surface area contributed by atoms with Gasteiger partial charge in [-0.15, -0.1) is 10.2 Å². The lowest BCUT2D eigenvalue weighted by molar-refractivity contribution is -0.131. The summed E-state index contributed by atoms with van der Waals surface area (Å²) < 4.78 is 0. The summed E-state index contributed by atoms with van der Waals surface area (Å²) in [7, 11) is 0. The van der Waals surface area contributed by atoms with Crippen LogP contribution in [-0.4, -0.2) is 31.3 Å². The minimum atomic E-state index is -0.992. The van der Waals surface area contributed by atoms with Crippen LogP contribution in [0.3, 0.4) is 0 Å². The fraction of sp³-hybridized carbons (Fsp3) is 0.0909. The molecule has 0 aliphatic carbocycles. The van der Waals surface area contributed by atoms with Gasteiger partial charge in [0.1, 0.15) is 0 Å². The van der Waals surface area contributed by atoms with E-state index in [0.717, 1.165) is 11.6 Å². The largest absolute Gasteiger partial charge is 0.478 e. The van der Waals surface area contributed by atoms with Crippen LogP contribution >= 0.6 is 0 Å². The fourth-order valence-electron chi connectivity index (χ4n) is 1.27. The van der Waals surface area contributed by atoms with Crippen LogP contribution in [-0.2, 0) is 11.3 Å². The molecule has 6 heteroatoms. The van der Waals surface area contributed by atoms with Gasteiger partial charge in [-0.25, -0.2) is 4.79 Å². The van der Waals surface area contributed by atoms with Crippen LogP contribution in [0.5, 0.6) is 0 Å². The van der Waals surface area contributed by atoms with E-state index in [1.54, 1.807) is 0 Å². The number of allylic oxidation sites excluding steroid dienone is 1. The van der Waals surface area contributed by atoms with Crippen molar-refractivity contribution in [3.8, 4) is 11.4 Å². The topological polar surface area (TPSA) is 80.9 Å². The molecule has 1 aromatic heterocycles. The van der Waals surface area contributed by atoms with E-state index in [0.29, 0.717) is 5.82 Å². The number of benzene rings is 1. The van der Waals surface area contributed by atoms with E-state index in [-0.39, 0.29) is 6.54 Å². The van der Waals surface area contributed by atoms with Gasteiger partial charge >= 0.3 is 5.97 Å². The fourth-order valence-corrected chi connectivity index (χ4v) is 1.27. The first kappa shape index (κ1) is 11.0. The summed E-state index contributed by atoms with van der Waals surface area (Å²) >= 11 is 0. The second kappa shape index (κ2) is 5.02. The number of tetrazole rings is 1. The maximum absolute atomic E-state index is 10.3. The predicted molar refractivity (Wildman–Crippen MR) is 60.0 cm³/mol. The van der Waals surface area contributed by atoms with Crippen LogP contribution in [0.2, 0.25) is 0 Å². The smallest absolute Gasteiger partial charge is 0.328 e. The highest BCUT2D eigenvalue weighted by Crippen LogP contribution is 2.11. The second-order valence-corrected chi connectivity index (χ2v) is 3.27. The van der Waals surface area contributed by atoms with Crippen molar-refractivity contribution in [3.63, 3.8) is 0 Å². The van der Waals surface area contributed by atoms with E-state index in [1.165, 1.54) is 10.9 Å². The number of hydrogen-bond donors (Lipinski definition) is 1. The molecule has 0 spiro atoms. The molecule has 0 atom stereocenters. The summed E-state index contributed by atoms with van der Waals surface area (Å²) in [5.41, 5.74) is 0.876. The first-order valence-electron chi connectivity index (χ1n) is 4.98. The van der Waals surface area contributed by atoms with Crippen LogP contribution < -0.4 is 0 Å². The van der Waals surface area contributed by atoms with E-state index in [4.69, 9.17) is 5.11 Å². The highest BCUT2D eigenvalue weighted by atomic mass is 16.4. The summed E-state index contributed by atoms with van der Waals surface area (Å²) in [6.45, 7) is 0.284. The molecule has 0 aliphatic rings. The standard InChI is InChI=1S/C11H10N4O2/c16-10(17)7-4-8-15-13-11(12-14-15)9-5-2-1-3-6-9/h1-7H,8H2,(H,16,17)/b7-4+. The Labute approximate surface area is 97.2 Å². The van der Waals surface area contributed by atoms with Crippen molar-refractivity contribution < 1.29 is 9.90 Å². The van der Waals surface area contributed by atoms with Gasteiger partial charge in [-0.2, -0.15) is 4.80 Å². The molecule has 0 fully saturated rings. The SMILES string of the molecule is O=C(O)/C=C/Cn1nnc(-c2ccccc2)n1. The molecule has 1 heterocycles. The van der Waals surface area contributed by atoms with Gasteiger partial charge in [0.05, 0.1) is 6.54 Å². The maximum atomic E-state index is 10.3. The average Bonchev–Trinajstić information content (AvgIpc) is 2.78. The number of carbonyl (C=O) groups is 1. The van der Waals surface area contributed by atoms with E-state index in [9.17, 15) is 4.79 Å². The normalized spacial score (nSPS) is 10.8. The monoisotopic (exact) mass is 230 g/mol. The number of rotatable bonds is 4. The van der Waals surface area contributed by atoms with Gasteiger partial charge in [0.15, 0.2) is 0 Å². The lowest BCUT2D eigenvalue weighted by Crippen LogP contribution is -2.01. The molecule has 17 heavy (non-hydrogen) atoms. The summed E-state index contributed by atoms with van der Waals surface area (Å²) in [5.74, 6) is -0.470. The molecule has 2 aromatic rings. The molecule has 0 radical (unpaired) electrons. The third-order valence-electron chi connectivity index (χ3n) is 2.01. The van der Waals surface area contributed by atoms with Crippen molar-refractivity contribution in [1.29, 1.82) is 0 Å². The molecule has 0 amide bonds. The Morgan fingerprint density at radius 3 is 2.82 bits per heavy atom. The van der Waals surface area contributed by atoms with E-state index in [2.05, 4.69) is 15.4 Å². The number of carboxylic acid groups (broad SMARTS) is 1. The number of carboxylic acids is 1. The Hall–Kier alpha value is -2.50. The summed E-state index contributed by atoms with van der Waals surface area (Å²) in [4.78, 5) is 11.6.